The van der Waals surface area contributed by atoms with Gasteiger partial charge in [-0.15, -0.1) is 0 Å². The van der Waals surface area contributed by atoms with E-state index in [1.54, 1.807) is 30.6 Å². The van der Waals surface area contributed by atoms with Crippen LogP contribution in [-0.2, 0) is 0 Å². The Kier molecular flexibility index (Phi) is 3.68. The van der Waals surface area contributed by atoms with Crippen LogP contribution in [-0.4, -0.2) is 33.0 Å². The number of hydrogen-bond donors (Lipinski definition) is 3. The number of anilines is 1. The van der Waals surface area contributed by atoms with Gasteiger partial charge in [-0.3, -0.25) is 0 Å². The standard InChI is InChI=1S/C12H15BN4O2/c1-8-5-11(13(18)19)4-3-10(8)6-15-17-7-9(2)16-12(17)14/h3-7,18-19H,1-2H3,(H2,14,16). The number of nitrogens with zero attached hydrogens (tertiary/aromatic N) is 3. The SMILES string of the molecule is Cc1cn(N=Cc2ccc(B(O)O)cc2C)c(N)n1. The lowest BCUT2D eigenvalue weighted by atomic mass is 9.79. The lowest BCUT2D eigenvalue weighted by Gasteiger charge is -2.04. The molecule has 0 fully saturated rings. The van der Waals surface area contributed by atoms with Crippen molar-refractivity contribution in [2.45, 2.75) is 13.8 Å². The Morgan fingerprint density at radius 3 is 2.63 bits per heavy atom. The maximum absolute atomic E-state index is 9.08. The van der Waals surface area contributed by atoms with E-state index in [1.165, 1.54) is 4.68 Å². The van der Waals surface area contributed by atoms with Gasteiger partial charge in [0.1, 0.15) is 0 Å². The molecule has 4 N–H and O–H groups in total. The highest BCUT2D eigenvalue weighted by Gasteiger charge is 2.11. The highest BCUT2D eigenvalue weighted by molar-refractivity contribution is 6.58. The summed E-state index contributed by atoms with van der Waals surface area (Å²) in [5.74, 6) is 0.328. The summed E-state index contributed by atoms with van der Waals surface area (Å²) in [4.78, 5) is 4.04. The fourth-order valence-electron chi connectivity index (χ4n) is 1.73. The van der Waals surface area contributed by atoms with Gasteiger partial charge in [0.2, 0.25) is 5.95 Å². The van der Waals surface area contributed by atoms with Crippen LogP contribution in [0.4, 0.5) is 5.95 Å². The molecule has 0 atom stereocenters. The van der Waals surface area contributed by atoms with E-state index in [0.29, 0.717) is 11.4 Å². The van der Waals surface area contributed by atoms with Crippen molar-refractivity contribution < 1.29 is 10.0 Å². The fraction of sp³-hybridized carbons (Fsp3) is 0.167. The molecule has 0 amide bonds. The Bertz CT molecular complexity index is 622. The molecule has 0 spiro atoms. The maximum Gasteiger partial charge on any atom is 0.488 e. The Hall–Kier alpha value is -2.12. The quantitative estimate of drug-likeness (QED) is 0.517. The second-order valence-electron chi connectivity index (χ2n) is 4.32. The topological polar surface area (TPSA) is 96.7 Å². The Morgan fingerprint density at radius 1 is 1.37 bits per heavy atom. The second kappa shape index (κ2) is 5.25. The number of nitrogen functional groups attached to an aromatic ring is 1. The first-order valence-electron chi connectivity index (χ1n) is 5.80. The van der Waals surface area contributed by atoms with Crippen molar-refractivity contribution in [1.82, 2.24) is 9.66 Å². The Labute approximate surface area is 111 Å². The Morgan fingerprint density at radius 2 is 2.11 bits per heavy atom. The van der Waals surface area contributed by atoms with Crippen molar-refractivity contribution in [2.24, 2.45) is 5.10 Å². The number of hydrogen-bond acceptors (Lipinski definition) is 5. The summed E-state index contributed by atoms with van der Waals surface area (Å²) in [6.07, 6.45) is 3.38. The molecule has 98 valence electrons. The summed E-state index contributed by atoms with van der Waals surface area (Å²) in [6.45, 7) is 3.71. The molecule has 2 rings (SSSR count). The average Bonchev–Trinajstić information content (AvgIpc) is 2.66. The van der Waals surface area contributed by atoms with Crippen LogP contribution in [0.5, 0.6) is 0 Å². The minimum atomic E-state index is -1.46. The van der Waals surface area contributed by atoms with Crippen LogP contribution in [0.25, 0.3) is 0 Å². The van der Waals surface area contributed by atoms with Crippen LogP contribution < -0.4 is 11.2 Å². The number of aromatic nitrogens is 2. The number of benzene rings is 1. The molecule has 0 radical (unpaired) electrons. The summed E-state index contributed by atoms with van der Waals surface area (Å²) in [5, 5.41) is 22.4. The minimum absolute atomic E-state index is 0.328. The smallest absolute Gasteiger partial charge is 0.423 e. The van der Waals surface area contributed by atoms with Crippen molar-refractivity contribution in [3.8, 4) is 0 Å². The first kappa shape index (κ1) is 13.3. The summed E-state index contributed by atoms with van der Waals surface area (Å²) < 4.78 is 1.49. The average molecular weight is 258 g/mol. The first-order chi connectivity index (χ1) is 8.97. The Balaban J connectivity index is 2.26. The first-order valence-corrected chi connectivity index (χ1v) is 5.80. The molecule has 0 aliphatic rings. The van der Waals surface area contributed by atoms with Gasteiger partial charge in [0, 0.05) is 0 Å². The zero-order valence-electron chi connectivity index (χ0n) is 10.8. The molecular formula is C12H15BN4O2. The number of imidazole rings is 1. The van der Waals surface area contributed by atoms with E-state index in [4.69, 9.17) is 15.8 Å². The molecule has 6 nitrogen and oxygen atoms in total. The van der Waals surface area contributed by atoms with E-state index < -0.39 is 7.12 Å². The molecule has 1 aromatic heterocycles. The van der Waals surface area contributed by atoms with Crippen LogP contribution in [0.1, 0.15) is 16.8 Å². The lowest BCUT2D eigenvalue weighted by Crippen LogP contribution is -2.30. The number of nitrogens with two attached hydrogens (primary N) is 1. The van der Waals surface area contributed by atoms with E-state index in [1.807, 2.05) is 13.8 Å². The molecule has 1 heterocycles. The second-order valence-corrected chi connectivity index (χ2v) is 4.32. The highest BCUT2D eigenvalue weighted by atomic mass is 16.4. The molecule has 2 aromatic rings. The van der Waals surface area contributed by atoms with Gasteiger partial charge in [-0.1, -0.05) is 18.2 Å². The van der Waals surface area contributed by atoms with Gasteiger partial charge in [-0.25, -0.2) is 9.66 Å². The lowest BCUT2D eigenvalue weighted by molar-refractivity contribution is 0.425. The molecule has 0 bridgehead atoms. The molecule has 7 heteroatoms. The third-order valence-electron chi connectivity index (χ3n) is 2.75. The van der Waals surface area contributed by atoms with Crippen LogP contribution in [0, 0.1) is 13.8 Å². The molecule has 1 aromatic carbocycles. The van der Waals surface area contributed by atoms with Crippen molar-refractivity contribution >= 4 is 24.7 Å². The van der Waals surface area contributed by atoms with Gasteiger partial charge in [0.05, 0.1) is 18.1 Å². The summed E-state index contributed by atoms with van der Waals surface area (Å²) in [6, 6.07) is 5.11. The van der Waals surface area contributed by atoms with Crippen LogP contribution >= 0.6 is 0 Å². The van der Waals surface area contributed by atoms with Crippen LogP contribution in [0.3, 0.4) is 0 Å². The van der Waals surface area contributed by atoms with Crippen molar-refractivity contribution in [3.05, 3.63) is 41.2 Å². The monoisotopic (exact) mass is 258 g/mol. The van der Waals surface area contributed by atoms with E-state index in [9.17, 15) is 0 Å². The molecule has 0 saturated heterocycles. The van der Waals surface area contributed by atoms with Gasteiger partial charge < -0.3 is 15.8 Å². The molecule has 0 saturated carbocycles. The van der Waals surface area contributed by atoms with Gasteiger partial charge in [-0.2, -0.15) is 5.10 Å². The predicted octanol–water partition coefficient (Wildman–Crippen LogP) is -0.356. The normalized spacial score (nSPS) is 11.2. The largest absolute Gasteiger partial charge is 0.488 e. The number of aryl methyl sites for hydroxylation is 2. The van der Waals surface area contributed by atoms with Crippen LogP contribution in [0.2, 0.25) is 0 Å². The van der Waals surface area contributed by atoms with E-state index in [0.717, 1.165) is 16.8 Å². The third kappa shape index (κ3) is 3.01. The molecule has 0 aliphatic heterocycles. The molecular weight excluding hydrogens is 243 g/mol. The molecule has 19 heavy (non-hydrogen) atoms. The van der Waals surface area contributed by atoms with E-state index in [2.05, 4.69) is 10.1 Å². The van der Waals surface area contributed by atoms with E-state index in [-0.39, 0.29) is 0 Å². The zero-order chi connectivity index (χ0) is 14.0. The van der Waals surface area contributed by atoms with Gasteiger partial charge in [0.25, 0.3) is 0 Å². The minimum Gasteiger partial charge on any atom is -0.423 e. The number of rotatable bonds is 3. The zero-order valence-corrected chi connectivity index (χ0v) is 10.8. The molecule has 0 unspecified atom stereocenters. The van der Waals surface area contributed by atoms with Crippen molar-refractivity contribution in [1.29, 1.82) is 0 Å². The highest BCUT2D eigenvalue weighted by Crippen LogP contribution is 2.06. The van der Waals surface area contributed by atoms with Gasteiger partial charge in [0.15, 0.2) is 0 Å². The van der Waals surface area contributed by atoms with Crippen molar-refractivity contribution in [3.63, 3.8) is 0 Å². The van der Waals surface area contributed by atoms with Gasteiger partial charge in [-0.05, 0) is 30.4 Å². The van der Waals surface area contributed by atoms with Gasteiger partial charge >= 0.3 is 7.12 Å². The third-order valence-corrected chi connectivity index (χ3v) is 2.75. The van der Waals surface area contributed by atoms with Crippen LogP contribution in [0.15, 0.2) is 29.5 Å². The predicted molar refractivity (Wildman–Crippen MR) is 75.4 cm³/mol. The summed E-state index contributed by atoms with van der Waals surface area (Å²) in [5.41, 5.74) is 8.69. The van der Waals surface area contributed by atoms with E-state index >= 15 is 0 Å². The summed E-state index contributed by atoms with van der Waals surface area (Å²) in [7, 11) is -1.46. The van der Waals surface area contributed by atoms with Crippen molar-refractivity contribution in [2.75, 3.05) is 5.73 Å². The fourth-order valence-corrected chi connectivity index (χ4v) is 1.73. The maximum atomic E-state index is 9.08. The summed E-state index contributed by atoms with van der Waals surface area (Å²) >= 11 is 0. The molecule has 0 aliphatic carbocycles.